The van der Waals surface area contributed by atoms with Gasteiger partial charge in [-0.2, -0.15) is 5.10 Å². The topological polar surface area (TPSA) is 106 Å². The van der Waals surface area contributed by atoms with Crippen LogP contribution in [-0.2, 0) is 16.1 Å². The van der Waals surface area contributed by atoms with Gasteiger partial charge in [-0.05, 0) is 42.0 Å². The van der Waals surface area contributed by atoms with E-state index in [1.54, 1.807) is 24.3 Å². The number of fused-ring (bicyclic) bond motifs is 1. The first-order valence-electron chi connectivity index (χ1n) is 10.6. The third-order valence-electron chi connectivity index (χ3n) is 4.87. The van der Waals surface area contributed by atoms with E-state index in [-0.39, 0.29) is 11.7 Å². The number of rotatable bonds is 10. The average molecular weight is 509 g/mol. The second kappa shape index (κ2) is 11.5. The van der Waals surface area contributed by atoms with Crippen LogP contribution in [0.4, 0.5) is 0 Å². The van der Waals surface area contributed by atoms with Crippen molar-refractivity contribution in [2.24, 2.45) is 5.10 Å². The van der Waals surface area contributed by atoms with Crippen LogP contribution >= 0.6 is 23.4 Å². The van der Waals surface area contributed by atoms with Crippen LogP contribution in [0, 0.1) is 0 Å². The zero-order chi connectivity index (χ0) is 24.6. The van der Waals surface area contributed by atoms with Crippen molar-refractivity contribution in [3.8, 4) is 5.75 Å². The number of carbonyl (C=O) groups is 2. The van der Waals surface area contributed by atoms with Crippen LogP contribution in [0.5, 0.6) is 5.75 Å². The lowest BCUT2D eigenvalue weighted by atomic mass is 10.2. The molecule has 8 nitrogen and oxygen atoms in total. The van der Waals surface area contributed by atoms with Crippen molar-refractivity contribution < 1.29 is 19.4 Å². The summed E-state index contributed by atoms with van der Waals surface area (Å²) in [6.45, 7) is 0.123. The van der Waals surface area contributed by atoms with Crippen molar-refractivity contribution in [3.63, 3.8) is 0 Å². The zero-order valence-electron chi connectivity index (χ0n) is 18.4. The van der Waals surface area contributed by atoms with Crippen molar-refractivity contribution >= 4 is 52.5 Å². The van der Waals surface area contributed by atoms with Gasteiger partial charge in [-0.25, -0.2) is 15.2 Å². The quantitative estimate of drug-likeness (QED) is 0.186. The summed E-state index contributed by atoms with van der Waals surface area (Å²) in [5, 5.41) is 14.2. The number of carboxylic acid groups (broad SMARTS) is 1. The number of para-hydroxylation sites is 3. The first-order chi connectivity index (χ1) is 17.0. The minimum absolute atomic E-state index is 0.110. The normalized spacial score (nSPS) is 11.1. The van der Waals surface area contributed by atoms with Crippen molar-refractivity contribution in [3.05, 3.63) is 88.9 Å². The lowest BCUT2D eigenvalue weighted by Gasteiger charge is -2.09. The van der Waals surface area contributed by atoms with Gasteiger partial charge in [-0.15, -0.1) is 0 Å². The predicted molar refractivity (Wildman–Crippen MR) is 136 cm³/mol. The van der Waals surface area contributed by atoms with Crippen LogP contribution < -0.4 is 10.2 Å². The van der Waals surface area contributed by atoms with Crippen LogP contribution in [0.2, 0.25) is 5.02 Å². The van der Waals surface area contributed by atoms with Gasteiger partial charge in [0, 0.05) is 10.6 Å². The van der Waals surface area contributed by atoms with Gasteiger partial charge in [0.2, 0.25) is 0 Å². The number of hydrogen-bond acceptors (Lipinski definition) is 6. The minimum atomic E-state index is -1.08. The number of hydrazone groups is 1. The molecule has 0 atom stereocenters. The van der Waals surface area contributed by atoms with Gasteiger partial charge in [0.25, 0.3) is 5.91 Å². The molecule has 0 saturated carbocycles. The highest BCUT2D eigenvalue weighted by molar-refractivity contribution is 7.99. The van der Waals surface area contributed by atoms with Crippen molar-refractivity contribution in [1.29, 1.82) is 0 Å². The molecule has 178 valence electrons. The number of benzene rings is 3. The van der Waals surface area contributed by atoms with Gasteiger partial charge in [0.15, 0.2) is 11.8 Å². The second-order valence-electron chi connectivity index (χ2n) is 7.40. The minimum Gasteiger partial charge on any atom is -0.481 e. The lowest BCUT2D eigenvalue weighted by molar-refractivity contribution is -0.139. The Morgan fingerprint density at radius 3 is 2.63 bits per heavy atom. The van der Waals surface area contributed by atoms with Gasteiger partial charge >= 0.3 is 5.97 Å². The highest BCUT2D eigenvalue weighted by atomic mass is 35.5. The molecule has 0 saturated heterocycles. The molecule has 0 radical (unpaired) electrons. The molecule has 0 fully saturated rings. The molecule has 4 aromatic rings. The fourth-order valence-corrected chi connectivity index (χ4v) is 4.22. The van der Waals surface area contributed by atoms with E-state index in [4.69, 9.17) is 21.4 Å². The van der Waals surface area contributed by atoms with Crippen LogP contribution in [0.15, 0.2) is 83.1 Å². The third-order valence-corrected chi connectivity index (χ3v) is 6.10. The molecule has 0 bridgehead atoms. The largest absolute Gasteiger partial charge is 0.481 e. The van der Waals surface area contributed by atoms with E-state index < -0.39 is 12.6 Å². The molecule has 0 aliphatic carbocycles. The number of thioether (sulfide) groups is 1. The molecule has 0 aliphatic rings. The molecule has 3 aromatic carbocycles. The standard InChI is InChI=1S/C25H21ClN4O4S/c26-19-11-9-17(10-12-19)14-30-21-7-3-2-6-20(21)28-25(30)35-16-23(31)29-27-13-18-5-1-4-8-22(18)34-15-24(32)33/h1-13H,14-16H2,(H,29,31)(H,32,33). The summed E-state index contributed by atoms with van der Waals surface area (Å²) in [5.74, 6) is -0.916. The number of hydrogen-bond donors (Lipinski definition) is 2. The zero-order valence-corrected chi connectivity index (χ0v) is 20.0. The van der Waals surface area contributed by atoms with E-state index in [9.17, 15) is 9.59 Å². The van der Waals surface area contributed by atoms with Crippen molar-refractivity contribution in [2.45, 2.75) is 11.7 Å². The molecular formula is C25H21ClN4O4S. The molecule has 0 aliphatic heterocycles. The fraction of sp³-hybridized carbons (Fsp3) is 0.120. The molecule has 1 amide bonds. The second-order valence-corrected chi connectivity index (χ2v) is 8.78. The fourth-order valence-electron chi connectivity index (χ4n) is 3.28. The van der Waals surface area contributed by atoms with Gasteiger partial charge in [0.1, 0.15) is 5.75 Å². The Hall–Kier alpha value is -3.82. The highest BCUT2D eigenvalue weighted by Crippen LogP contribution is 2.25. The molecule has 0 spiro atoms. The van der Waals surface area contributed by atoms with Gasteiger partial charge in [-0.1, -0.05) is 59.8 Å². The van der Waals surface area contributed by atoms with E-state index >= 15 is 0 Å². The van der Waals surface area contributed by atoms with E-state index in [1.165, 1.54) is 18.0 Å². The number of ether oxygens (including phenoxy) is 1. The van der Waals surface area contributed by atoms with Gasteiger partial charge in [0.05, 0.1) is 29.5 Å². The molecule has 4 rings (SSSR count). The summed E-state index contributed by atoms with van der Waals surface area (Å²) in [6.07, 6.45) is 1.41. The van der Waals surface area contributed by atoms with Crippen molar-refractivity contribution in [1.82, 2.24) is 15.0 Å². The summed E-state index contributed by atoms with van der Waals surface area (Å²) in [7, 11) is 0. The number of carbonyl (C=O) groups excluding carboxylic acids is 1. The predicted octanol–water partition coefficient (Wildman–Crippen LogP) is 4.44. The number of nitrogens with one attached hydrogen (secondary N) is 1. The van der Waals surface area contributed by atoms with Crippen LogP contribution in [-0.4, -0.2) is 45.1 Å². The van der Waals surface area contributed by atoms with Gasteiger partial charge in [-0.3, -0.25) is 4.79 Å². The number of carboxylic acids is 1. The van der Waals surface area contributed by atoms with Crippen molar-refractivity contribution in [2.75, 3.05) is 12.4 Å². The molecule has 2 N–H and O–H groups in total. The summed E-state index contributed by atoms with van der Waals surface area (Å²) in [4.78, 5) is 27.9. The SMILES string of the molecule is O=C(O)COc1ccccc1C=NNC(=O)CSc1nc2ccccc2n1Cc1ccc(Cl)cc1. The number of imidazole rings is 1. The number of nitrogens with zero attached hydrogens (tertiary/aromatic N) is 3. The van der Waals surface area contributed by atoms with E-state index in [0.29, 0.717) is 28.0 Å². The summed E-state index contributed by atoms with van der Waals surface area (Å²) >= 11 is 7.33. The Labute approximate surface area is 210 Å². The van der Waals surface area contributed by atoms with Crippen LogP contribution in [0.3, 0.4) is 0 Å². The Kier molecular flexibility index (Phi) is 8.02. The average Bonchev–Trinajstić information content (AvgIpc) is 3.20. The van der Waals surface area contributed by atoms with E-state index in [0.717, 1.165) is 16.6 Å². The van der Waals surface area contributed by atoms with E-state index in [2.05, 4.69) is 20.1 Å². The maximum atomic E-state index is 12.4. The Balaban J connectivity index is 1.41. The van der Waals surface area contributed by atoms with Crippen LogP contribution in [0.25, 0.3) is 11.0 Å². The van der Waals surface area contributed by atoms with Crippen LogP contribution in [0.1, 0.15) is 11.1 Å². The highest BCUT2D eigenvalue weighted by Gasteiger charge is 2.13. The smallest absolute Gasteiger partial charge is 0.341 e. The first-order valence-corrected chi connectivity index (χ1v) is 11.9. The Bertz CT molecular complexity index is 1370. The lowest BCUT2D eigenvalue weighted by Crippen LogP contribution is -2.20. The monoisotopic (exact) mass is 508 g/mol. The molecule has 1 heterocycles. The van der Waals surface area contributed by atoms with E-state index in [1.807, 2.05) is 48.5 Å². The molecular weight excluding hydrogens is 488 g/mol. The maximum absolute atomic E-state index is 12.4. The molecule has 35 heavy (non-hydrogen) atoms. The third kappa shape index (κ3) is 6.62. The molecule has 10 heteroatoms. The summed E-state index contributed by atoms with van der Waals surface area (Å²) in [6, 6.07) is 22.3. The van der Waals surface area contributed by atoms with Gasteiger partial charge < -0.3 is 14.4 Å². The number of aliphatic carboxylic acids is 1. The number of halogens is 1. The molecule has 1 aromatic heterocycles. The Morgan fingerprint density at radius 1 is 1.09 bits per heavy atom. The first kappa shape index (κ1) is 24.3. The maximum Gasteiger partial charge on any atom is 0.341 e. The number of aromatic nitrogens is 2. The summed E-state index contributed by atoms with van der Waals surface area (Å²) < 4.78 is 7.30. The Morgan fingerprint density at radius 2 is 1.83 bits per heavy atom. The molecule has 0 unspecified atom stereocenters. The summed E-state index contributed by atoms with van der Waals surface area (Å²) in [5.41, 5.74) is 5.92. The number of amides is 1.